The molecule has 8 nitrogen and oxygen atoms in total. The van der Waals surface area contributed by atoms with Crippen LogP contribution in [0.2, 0.25) is 0 Å². The van der Waals surface area contributed by atoms with E-state index in [1.54, 1.807) is 36.3 Å². The van der Waals surface area contributed by atoms with E-state index in [0.717, 1.165) is 36.8 Å². The fourth-order valence-corrected chi connectivity index (χ4v) is 4.90. The zero-order chi connectivity index (χ0) is 23.2. The van der Waals surface area contributed by atoms with Gasteiger partial charge in [0.15, 0.2) is 5.17 Å². The van der Waals surface area contributed by atoms with Crippen LogP contribution >= 0.6 is 11.8 Å². The Balaban J connectivity index is 1.31. The van der Waals surface area contributed by atoms with Gasteiger partial charge >= 0.3 is 0 Å². The molecule has 33 heavy (non-hydrogen) atoms. The lowest BCUT2D eigenvalue weighted by Gasteiger charge is -2.27. The minimum atomic E-state index is -0.507. The summed E-state index contributed by atoms with van der Waals surface area (Å²) in [7, 11) is 1.76. The highest BCUT2D eigenvalue weighted by atomic mass is 32.2. The lowest BCUT2D eigenvalue weighted by atomic mass is 10.1. The molecule has 2 aromatic carbocycles. The van der Waals surface area contributed by atoms with Crippen LogP contribution in [0.4, 0.5) is 11.4 Å². The minimum Gasteiger partial charge on any atom is -0.351 e. The van der Waals surface area contributed by atoms with Gasteiger partial charge in [0.25, 0.3) is 11.8 Å². The number of aliphatic imine (C=N–C) groups is 1. The quantitative estimate of drug-likeness (QED) is 0.636. The van der Waals surface area contributed by atoms with Crippen molar-refractivity contribution >= 4 is 46.0 Å². The average molecular weight is 466 g/mol. The van der Waals surface area contributed by atoms with Crippen molar-refractivity contribution in [2.75, 3.05) is 30.5 Å². The third kappa shape index (κ3) is 5.92. The second kappa shape index (κ2) is 10.5. The number of amides is 3. The molecule has 0 aromatic heterocycles. The average Bonchev–Trinajstić information content (AvgIpc) is 3.20. The summed E-state index contributed by atoms with van der Waals surface area (Å²) in [5, 5.41) is 4.67. The first-order chi connectivity index (χ1) is 16.0. The molecule has 0 aliphatic carbocycles. The SMILES string of the molecule is CN(NC(=O)c1cccc(NC(=O)C[C@H]2SC(N3CCCCC3)=NC2=O)c1)c1ccccc1. The van der Waals surface area contributed by atoms with Crippen LogP contribution in [0.1, 0.15) is 36.0 Å². The molecular formula is C24H27N5O3S. The molecule has 0 unspecified atom stereocenters. The largest absolute Gasteiger partial charge is 0.351 e. The molecule has 0 saturated carbocycles. The molecule has 2 aliphatic heterocycles. The number of hydrazine groups is 1. The van der Waals surface area contributed by atoms with Crippen LogP contribution in [0.25, 0.3) is 0 Å². The molecule has 0 spiro atoms. The van der Waals surface area contributed by atoms with Crippen molar-refractivity contribution in [1.82, 2.24) is 10.3 Å². The first-order valence-corrected chi connectivity index (χ1v) is 11.9. The molecule has 2 aliphatic rings. The summed E-state index contributed by atoms with van der Waals surface area (Å²) in [5.74, 6) is -0.832. The monoisotopic (exact) mass is 465 g/mol. The fraction of sp³-hybridized carbons (Fsp3) is 0.333. The number of piperidine rings is 1. The molecule has 0 bridgehead atoms. The van der Waals surface area contributed by atoms with E-state index < -0.39 is 5.25 Å². The highest BCUT2D eigenvalue weighted by molar-refractivity contribution is 8.15. The van der Waals surface area contributed by atoms with Gasteiger partial charge < -0.3 is 10.2 Å². The number of para-hydroxylation sites is 1. The van der Waals surface area contributed by atoms with Crippen LogP contribution in [0.3, 0.4) is 0 Å². The Kier molecular flexibility index (Phi) is 7.29. The molecule has 2 heterocycles. The van der Waals surface area contributed by atoms with Gasteiger partial charge in [-0.25, -0.2) is 0 Å². The smallest absolute Gasteiger partial charge is 0.269 e. The third-order valence-corrected chi connectivity index (χ3v) is 6.76. The van der Waals surface area contributed by atoms with Crippen LogP contribution < -0.4 is 15.8 Å². The third-order valence-electron chi connectivity index (χ3n) is 5.55. The highest BCUT2D eigenvalue weighted by Crippen LogP contribution is 2.29. The number of hydrogen-bond acceptors (Lipinski definition) is 6. The summed E-state index contributed by atoms with van der Waals surface area (Å²) in [4.78, 5) is 43.8. The molecule has 4 rings (SSSR count). The number of hydrogen-bond donors (Lipinski definition) is 2. The lowest BCUT2D eigenvalue weighted by Crippen LogP contribution is -2.39. The zero-order valence-corrected chi connectivity index (χ0v) is 19.3. The topological polar surface area (TPSA) is 94.1 Å². The van der Waals surface area contributed by atoms with E-state index in [-0.39, 0.29) is 24.1 Å². The van der Waals surface area contributed by atoms with Crippen molar-refractivity contribution in [2.24, 2.45) is 4.99 Å². The summed E-state index contributed by atoms with van der Waals surface area (Å²) in [6, 6.07) is 16.2. The van der Waals surface area contributed by atoms with Crippen molar-refractivity contribution in [1.29, 1.82) is 0 Å². The van der Waals surface area contributed by atoms with Crippen molar-refractivity contribution in [3.63, 3.8) is 0 Å². The summed E-state index contributed by atoms with van der Waals surface area (Å²) in [6.45, 7) is 1.82. The number of nitrogens with zero attached hydrogens (tertiary/aromatic N) is 3. The molecule has 1 atom stereocenters. The molecule has 3 amide bonds. The normalized spacial score (nSPS) is 18.0. The van der Waals surface area contributed by atoms with E-state index in [9.17, 15) is 14.4 Å². The van der Waals surface area contributed by atoms with Crippen LogP contribution in [-0.4, -0.2) is 53.2 Å². The number of amidine groups is 1. The van der Waals surface area contributed by atoms with Crippen molar-refractivity contribution < 1.29 is 14.4 Å². The second-order valence-electron chi connectivity index (χ2n) is 8.06. The van der Waals surface area contributed by atoms with E-state index in [0.29, 0.717) is 11.3 Å². The van der Waals surface area contributed by atoms with Gasteiger partial charge in [-0.1, -0.05) is 36.0 Å². The van der Waals surface area contributed by atoms with Crippen LogP contribution in [-0.2, 0) is 9.59 Å². The van der Waals surface area contributed by atoms with Crippen molar-refractivity contribution in [3.8, 4) is 0 Å². The van der Waals surface area contributed by atoms with Gasteiger partial charge in [0.05, 0.1) is 5.69 Å². The van der Waals surface area contributed by atoms with Crippen molar-refractivity contribution in [3.05, 3.63) is 60.2 Å². The Morgan fingerprint density at radius 3 is 2.61 bits per heavy atom. The highest BCUT2D eigenvalue weighted by Gasteiger charge is 2.33. The van der Waals surface area contributed by atoms with Gasteiger partial charge in [0, 0.05) is 37.8 Å². The molecule has 9 heteroatoms. The number of rotatable bonds is 6. The maximum Gasteiger partial charge on any atom is 0.269 e. The van der Waals surface area contributed by atoms with Crippen LogP contribution in [0.15, 0.2) is 59.6 Å². The number of thioether (sulfide) groups is 1. The Labute approximate surface area is 197 Å². The predicted molar refractivity (Wildman–Crippen MR) is 131 cm³/mol. The Morgan fingerprint density at radius 1 is 1.09 bits per heavy atom. The van der Waals surface area contributed by atoms with Gasteiger partial charge in [0.1, 0.15) is 5.25 Å². The predicted octanol–water partition coefficient (Wildman–Crippen LogP) is 3.28. The maximum atomic E-state index is 12.6. The van der Waals surface area contributed by atoms with Crippen molar-refractivity contribution in [2.45, 2.75) is 30.9 Å². The van der Waals surface area contributed by atoms with Gasteiger partial charge in [-0.15, -0.1) is 0 Å². The summed E-state index contributed by atoms with van der Waals surface area (Å²) < 4.78 is 0. The number of benzene rings is 2. The molecule has 2 aromatic rings. The minimum absolute atomic E-state index is 0.0392. The molecule has 1 fully saturated rings. The van der Waals surface area contributed by atoms with Gasteiger partial charge in [-0.3, -0.25) is 24.8 Å². The maximum absolute atomic E-state index is 12.6. The number of carbonyl (C=O) groups excluding carboxylic acids is 3. The fourth-order valence-electron chi connectivity index (χ4n) is 3.78. The lowest BCUT2D eigenvalue weighted by molar-refractivity contribution is -0.121. The summed E-state index contributed by atoms with van der Waals surface area (Å²) in [6.07, 6.45) is 3.44. The van der Waals surface area contributed by atoms with Gasteiger partial charge in [0.2, 0.25) is 5.91 Å². The van der Waals surface area contributed by atoms with E-state index in [2.05, 4.69) is 20.6 Å². The molecule has 2 N–H and O–H groups in total. The van der Waals surface area contributed by atoms with Crippen LogP contribution in [0.5, 0.6) is 0 Å². The van der Waals surface area contributed by atoms with E-state index >= 15 is 0 Å². The standard InChI is InChI=1S/C24H27N5O3S/c1-28(19-11-4-2-5-12-19)27-22(31)17-9-8-10-18(15-17)25-21(30)16-20-23(32)26-24(33-20)29-13-6-3-7-14-29/h2,4-5,8-12,15,20H,3,6-7,13-14,16H2,1H3,(H,25,30)(H,27,31)/t20-/m1/s1. The zero-order valence-electron chi connectivity index (χ0n) is 18.5. The second-order valence-corrected chi connectivity index (χ2v) is 9.23. The first-order valence-electron chi connectivity index (χ1n) is 11.0. The Bertz CT molecular complexity index is 1050. The summed E-state index contributed by atoms with van der Waals surface area (Å²) in [5.41, 5.74) is 4.57. The molecule has 1 saturated heterocycles. The number of anilines is 2. The van der Waals surface area contributed by atoms with E-state index in [1.165, 1.54) is 18.2 Å². The Morgan fingerprint density at radius 2 is 1.85 bits per heavy atom. The number of nitrogens with one attached hydrogen (secondary N) is 2. The first kappa shape index (κ1) is 22.8. The molecule has 172 valence electrons. The van der Waals surface area contributed by atoms with Gasteiger partial charge in [-0.2, -0.15) is 4.99 Å². The number of carbonyl (C=O) groups is 3. The molecular weight excluding hydrogens is 438 g/mol. The summed E-state index contributed by atoms with van der Waals surface area (Å²) >= 11 is 1.37. The van der Waals surface area contributed by atoms with E-state index in [1.807, 2.05) is 30.3 Å². The van der Waals surface area contributed by atoms with E-state index in [4.69, 9.17) is 0 Å². The molecule has 0 radical (unpaired) electrons. The van der Waals surface area contributed by atoms with Gasteiger partial charge in [-0.05, 0) is 49.6 Å². The van der Waals surface area contributed by atoms with Crippen LogP contribution in [0, 0.1) is 0 Å². The number of likely N-dealkylation sites (tertiary alicyclic amines) is 1. The Hall–Kier alpha value is -3.33.